The first-order chi connectivity index (χ1) is 2.77. The highest BCUT2D eigenvalue weighted by atomic mass is 32.1. The summed E-state index contributed by atoms with van der Waals surface area (Å²) in [7, 11) is 0. The summed E-state index contributed by atoms with van der Waals surface area (Å²) in [5.41, 5.74) is -0.407. The lowest BCUT2D eigenvalue weighted by molar-refractivity contribution is 0.296. The summed E-state index contributed by atoms with van der Waals surface area (Å²) in [5.74, 6) is 0. The molecule has 1 atom stereocenters. The lowest BCUT2D eigenvalue weighted by Crippen LogP contribution is -1.79. The van der Waals surface area contributed by atoms with Gasteiger partial charge in [0.1, 0.15) is 0 Å². The quantitative estimate of drug-likeness (QED) is 0.471. The van der Waals surface area contributed by atoms with Gasteiger partial charge in [-0.25, -0.2) is 0 Å². The van der Waals surface area contributed by atoms with Gasteiger partial charge in [0.2, 0.25) is 0 Å². The molecule has 0 aromatic carbocycles. The summed E-state index contributed by atoms with van der Waals surface area (Å²) >= 11 is 3.68. The monoisotopic (exact) mass is 94.0 g/mol. The van der Waals surface area contributed by atoms with E-state index in [1.807, 2.05) is 0 Å². The first-order valence-corrected chi connectivity index (χ1v) is 2.00. The topological polar surface area (TPSA) is 20.2 Å². The van der Waals surface area contributed by atoms with Crippen LogP contribution in [0.4, 0.5) is 0 Å². The van der Waals surface area contributed by atoms with Crippen molar-refractivity contribution in [3.8, 4) is 0 Å². The van der Waals surface area contributed by atoms with Crippen LogP contribution in [-0.4, -0.2) is 17.4 Å². The number of rotatable bonds is 2. The van der Waals surface area contributed by atoms with Gasteiger partial charge in [0.05, 0.1) is 0 Å². The minimum atomic E-state index is -0.407. The Balaban J connectivity index is 2.63. The zero-order valence-electron chi connectivity index (χ0n) is 3.89. The fourth-order valence-corrected chi connectivity index (χ4v) is 0.173. The van der Waals surface area contributed by atoms with Gasteiger partial charge in [-0.15, -0.1) is 0 Å². The van der Waals surface area contributed by atoms with Crippen molar-refractivity contribution in [3.63, 3.8) is 0 Å². The van der Waals surface area contributed by atoms with Crippen LogP contribution in [-0.2, 0) is 0 Å². The Labute approximate surface area is 38.8 Å². The van der Waals surface area contributed by atoms with Crippen molar-refractivity contribution in [2.45, 2.75) is 6.42 Å². The summed E-state index contributed by atoms with van der Waals surface area (Å²) in [6.07, 6.45) is 0.461. The molecule has 0 saturated carbocycles. The van der Waals surface area contributed by atoms with E-state index >= 15 is 0 Å². The van der Waals surface area contributed by atoms with Crippen LogP contribution in [0.1, 0.15) is 7.79 Å². The second kappa shape index (κ2) is 4.31. The minimum absolute atomic E-state index is 0.0671. The van der Waals surface area contributed by atoms with Gasteiger partial charge in [0.15, 0.2) is 0 Å². The Bertz CT molecular complexity index is 32.0. The lowest BCUT2D eigenvalue weighted by atomic mass is 10.5. The number of thiol groups is 1. The molecule has 0 aliphatic carbocycles. The van der Waals surface area contributed by atoms with Crippen molar-refractivity contribution in [1.29, 1.82) is 0 Å². The zero-order valence-corrected chi connectivity index (χ0v) is 3.78. The molecule has 0 spiro atoms. The molecule has 1 N–H and O–H groups in total. The average molecular weight is 94.2 g/mol. The van der Waals surface area contributed by atoms with Crippen molar-refractivity contribution in [2.24, 2.45) is 0 Å². The highest BCUT2D eigenvalue weighted by molar-refractivity contribution is 7.80. The van der Waals surface area contributed by atoms with Gasteiger partial charge in [-0.3, -0.25) is 0 Å². The van der Waals surface area contributed by atoms with E-state index in [2.05, 4.69) is 12.6 Å². The van der Waals surface area contributed by atoms with Crippen LogP contribution >= 0.6 is 12.6 Å². The van der Waals surface area contributed by atoms with Gasteiger partial charge in [-0.05, 0) is 12.1 Å². The summed E-state index contributed by atoms with van der Waals surface area (Å²) in [4.78, 5) is 0. The highest BCUT2D eigenvalue weighted by Crippen LogP contribution is 1.76. The molecule has 0 aliphatic rings. The summed E-state index contributed by atoms with van der Waals surface area (Å²) in [5, 5.41) is 8.07. The molecule has 32 valence electrons. The third-order valence-corrected chi connectivity index (χ3v) is 0.516. The van der Waals surface area contributed by atoms with Crippen LogP contribution in [0.15, 0.2) is 0 Å². The average Bonchev–Trinajstić information content (AvgIpc) is 1.35. The van der Waals surface area contributed by atoms with Crippen LogP contribution in [0.3, 0.4) is 0 Å². The maximum Gasteiger partial charge on any atom is 0.0438 e. The second-order valence-corrected chi connectivity index (χ2v) is 1.06. The molecule has 0 rings (SSSR count). The number of aliphatic hydroxyl groups is 1. The first-order valence-electron chi connectivity index (χ1n) is 2.06. The number of aliphatic hydroxyl groups excluding tert-OH is 1. The lowest BCUT2D eigenvalue weighted by Gasteiger charge is -1.79. The van der Waals surface area contributed by atoms with E-state index in [1.54, 1.807) is 0 Å². The molecule has 0 saturated heterocycles. The van der Waals surface area contributed by atoms with Crippen molar-refractivity contribution in [3.05, 3.63) is 0 Å². The van der Waals surface area contributed by atoms with E-state index in [1.165, 1.54) is 0 Å². The third kappa shape index (κ3) is 4.31. The summed E-state index contributed by atoms with van der Waals surface area (Å²) in [6, 6.07) is 0. The molecule has 0 heterocycles. The molecule has 1 nitrogen and oxygen atoms in total. The standard InChI is InChI=1S/C3H8OS/c4-2-1-3-5/h4-5H,1-3H2/i3T. The predicted molar refractivity (Wildman–Crippen MR) is 25.6 cm³/mol. The predicted octanol–water partition coefficient (Wildman–Crippen LogP) is 0.299. The van der Waals surface area contributed by atoms with Crippen molar-refractivity contribution in [1.82, 2.24) is 0 Å². The molecule has 1 unspecified atom stereocenters. The van der Waals surface area contributed by atoms with E-state index in [-0.39, 0.29) is 6.61 Å². The van der Waals surface area contributed by atoms with Crippen LogP contribution < -0.4 is 0 Å². The van der Waals surface area contributed by atoms with E-state index < -0.39 is 5.73 Å². The van der Waals surface area contributed by atoms with Crippen LogP contribution in [0, 0.1) is 0 Å². The summed E-state index contributed by atoms with van der Waals surface area (Å²) < 4.78 is 6.68. The highest BCUT2D eigenvalue weighted by Gasteiger charge is 1.69. The van der Waals surface area contributed by atoms with Crippen molar-refractivity contribution in [2.75, 3.05) is 12.3 Å². The van der Waals surface area contributed by atoms with Gasteiger partial charge in [-0.1, -0.05) is 0 Å². The normalized spacial score (nSPS) is 17.6. The Morgan fingerprint density at radius 1 is 2.00 bits per heavy atom. The van der Waals surface area contributed by atoms with E-state index in [4.69, 9.17) is 6.48 Å². The molecule has 0 fully saturated rings. The molecule has 5 heavy (non-hydrogen) atoms. The van der Waals surface area contributed by atoms with Crippen LogP contribution in [0.5, 0.6) is 0 Å². The fourth-order valence-electron chi connectivity index (χ4n) is 0.0577. The molecular weight excluding hydrogens is 84.1 g/mol. The van der Waals surface area contributed by atoms with E-state index in [0.717, 1.165) is 0 Å². The Morgan fingerprint density at radius 3 is 2.60 bits per heavy atom. The molecule has 0 bridgehead atoms. The Kier molecular flexibility index (Phi) is 3.02. The molecule has 0 amide bonds. The fraction of sp³-hybridized carbons (Fsp3) is 1.00. The zero-order chi connectivity index (χ0) is 4.99. The van der Waals surface area contributed by atoms with E-state index in [0.29, 0.717) is 6.42 Å². The Morgan fingerprint density at radius 2 is 2.60 bits per heavy atom. The van der Waals surface area contributed by atoms with Gasteiger partial charge < -0.3 is 5.11 Å². The van der Waals surface area contributed by atoms with Crippen molar-refractivity contribution >= 4 is 12.6 Å². The van der Waals surface area contributed by atoms with Crippen molar-refractivity contribution < 1.29 is 6.48 Å². The minimum Gasteiger partial charge on any atom is -0.396 e. The molecule has 0 radical (unpaired) electrons. The smallest absolute Gasteiger partial charge is 0.0438 e. The van der Waals surface area contributed by atoms with Crippen LogP contribution in [0.2, 0.25) is 0 Å². The molecular formula is C3H8OS. The van der Waals surface area contributed by atoms with Gasteiger partial charge in [-0.2, -0.15) is 12.6 Å². The maximum atomic E-state index is 8.07. The molecule has 0 aromatic heterocycles. The number of hydrogen-bond donors (Lipinski definition) is 2. The third-order valence-electron chi connectivity index (χ3n) is 0.258. The molecule has 2 heteroatoms. The summed E-state index contributed by atoms with van der Waals surface area (Å²) in [6.45, 7) is 0.0671. The first kappa shape index (κ1) is 3.50. The Hall–Kier alpha value is 0.310. The van der Waals surface area contributed by atoms with Gasteiger partial charge in [0, 0.05) is 7.98 Å². The van der Waals surface area contributed by atoms with Crippen LogP contribution in [0.25, 0.3) is 0 Å². The van der Waals surface area contributed by atoms with Gasteiger partial charge in [0.25, 0.3) is 0 Å². The second-order valence-electron chi connectivity index (χ2n) is 0.695. The van der Waals surface area contributed by atoms with E-state index in [9.17, 15) is 0 Å². The maximum absolute atomic E-state index is 8.07. The molecule has 0 aromatic rings. The number of hydrogen-bond acceptors (Lipinski definition) is 2. The SMILES string of the molecule is [3H]C(S)CCO. The van der Waals surface area contributed by atoms with Gasteiger partial charge >= 0.3 is 0 Å². The largest absolute Gasteiger partial charge is 0.396 e. The molecule has 0 aliphatic heterocycles.